The normalized spacial score (nSPS) is 18.0. The van der Waals surface area contributed by atoms with Gasteiger partial charge in [0.15, 0.2) is 5.96 Å². The minimum absolute atomic E-state index is 0.142. The summed E-state index contributed by atoms with van der Waals surface area (Å²) in [6.45, 7) is 0.183. The third-order valence-electron chi connectivity index (χ3n) is 3.39. The molecule has 2 N–H and O–H groups in total. The fraction of sp³-hybridized carbons (Fsp3) is 0.133. The van der Waals surface area contributed by atoms with E-state index in [1.807, 2.05) is 0 Å². The van der Waals surface area contributed by atoms with Crippen LogP contribution < -0.4 is 10.6 Å². The van der Waals surface area contributed by atoms with Crippen LogP contribution >= 0.6 is 0 Å². The molecule has 0 saturated heterocycles. The molecule has 1 aliphatic heterocycles. The Balaban J connectivity index is 2.05. The SMILES string of the molecule is NC1=NCC(c2cc(F)ccc2F)N1c1cccc(F)c1. The van der Waals surface area contributed by atoms with Gasteiger partial charge in [0.1, 0.15) is 17.5 Å². The van der Waals surface area contributed by atoms with Crippen molar-refractivity contribution in [3.63, 3.8) is 0 Å². The van der Waals surface area contributed by atoms with Gasteiger partial charge in [0, 0.05) is 11.3 Å². The predicted octanol–water partition coefficient (Wildman–Crippen LogP) is 2.98. The van der Waals surface area contributed by atoms with E-state index in [-0.39, 0.29) is 18.1 Å². The average Bonchev–Trinajstić information content (AvgIpc) is 2.83. The summed E-state index contributed by atoms with van der Waals surface area (Å²) in [5.41, 5.74) is 6.40. The van der Waals surface area contributed by atoms with Crippen LogP contribution in [0.15, 0.2) is 47.5 Å². The van der Waals surface area contributed by atoms with Crippen LogP contribution in [-0.2, 0) is 0 Å². The van der Waals surface area contributed by atoms with E-state index in [0.29, 0.717) is 5.69 Å². The van der Waals surface area contributed by atoms with Crippen LogP contribution in [0.4, 0.5) is 18.9 Å². The molecule has 0 radical (unpaired) electrons. The number of hydrogen-bond donors (Lipinski definition) is 1. The number of nitrogens with two attached hydrogens (primary N) is 1. The molecule has 6 heteroatoms. The average molecular weight is 291 g/mol. The van der Waals surface area contributed by atoms with Crippen LogP contribution in [0.2, 0.25) is 0 Å². The molecule has 21 heavy (non-hydrogen) atoms. The number of rotatable bonds is 2. The van der Waals surface area contributed by atoms with Crippen LogP contribution in [0, 0.1) is 17.5 Å². The number of halogens is 3. The molecule has 0 amide bonds. The summed E-state index contributed by atoms with van der Waals surface area (Å²) in [4.78, 5) is 5.56. The molecule has 3 nitrogen and oxygen atoms in total. The Morgan fingerprint density at radius 3 is 2.57 bits per heavy atom. The first kappa shape index (κ1) is 13.5. The Labute approximate surface area is 119 Å². The largest absolute Gasteiger partial charge is 0.369 e. The first-order valence-corrected chi connectivity index (χ1v) is 6.36. The zero-order chi connectivity index (χ0) is 15.0. The summed E-state index contributed by atoms with van der Waals surface area (Å²) >= 11 is 0. The van der Waals surface area contributed by atoms with E-state index in [0.717, 1.165) is 18.2 Å². The van der Waals surface area contributed by atoms with E-state index < -0.39 is 23.5 Å². The molecule has 0 aromatic heterocycles. The topological polar surface area (TPSA) is 41.6 Å². The standard InChI is InChI=1S/C15H12F3N3/c16-9-2-1-3-11(6-9)21-14(8-20-15(21)19)12-7-10(17)4-5-13(12)18/h1-7,14H,8H2,(H2,19,20). The molecule has 0 fully saturated rings. The van der Waals surface area contributed by atoms with Gasteiger partial charge in [-0.05, 0) is 36.4 Å². The highest BCUT2D eigenvalue weighted by atomic mass is 19.1. The minimum Gasteiger partial charge on any atom is -0.369 e. The van der Waals surface area contributed by atoms with Gasteiger partial charge in [0.2, 0.25) is 0 Å². The second-order valence-corrected chi connectivity index (χ2v) is 4.73. The van der Waals surface area contributed by atoms with E-state index in [1.165, 1.54) is 23.1 Å². The summed E-state index contributed by atoms with van der Waals surface area (Å²) in [5.74, 6) is -1.39. The Hall–Kier alpha value is -2.50. The Bertz CT molecular complexity index is 715. The summed E-state index contributed by atoms with van der Waals surface area (Å²) in [6, 6.07) is 8.36. The summed E-state index contributed by atoms with van der Waals surface area (Å²) in [6.07, 6.45) is 0. The maximum absolute atomic E-state index is 14.0. The van der Waals surface area contributed by atoms with Gasteiger partial charge in [-0.15, -0.1) is 0 Å². The lowest BCUT2D eigenvalue weighted by atomic mass is 10.0. The molecule has 0 bridgehead atoms. The van der Waals surface area contributed by atoms with Crippen molar-refractivity contribution in [2.45, 2.75) is 6.04 Å². The van der Waals surface area contributed by atoms with Crippen molar-refractivity contribution >= 4 is 11.6 Å². The van der Waals surface area contributed by atoms with Crippen molar-refractivity contribution in [3.8, 4) is 0 Å². The molecule has 2 aromatic carbocycles. The number of aliphatic imine (C=N–C) groups is 1. The molecule has 0 spiro atoms. The second-order valence-electron chi connectivity index (χ2n) is 4.73. The number of nitrogens with zero attached hydrogens (tertiary/aromatic N) is 2. The maximum atomic E-state index is 14.0. The van der Waals surface area contributed by atoms with Crippen LogP contribution in [0.25, 0.3) is 0 Å². The molecule has 0 saturated carbocycles. The quantitative estimate of drug-likeness (QED) is 0.924. The molecular weight excluding hydrogens is 279 g/mol. The molecule has 3 rings (SSSR count). The van der Waals surface area contributed by atoms with Crippen LogP contribution in [0.3, 0.4) is 0 Å². The first-order valence-electron chi connectivity index (χ1n) is 6.36. The zero-order valence-corrected chi connectivity index (χ0v) is 10.9. The van der Waals surface area contributed by atoms with E-state index in [2.05, 4.69) is 4.99 Å². The number of hydrogen-bond acceptors (Lipinski definition) is 3. The highest BCUT2D eigenvalue weighted by Gasteiger charge is 2.31. The molecule has 2 aromatic rings. The first-order chi connectivity index (χ1) is 10.1. The van der Waals surface area contributed by atoms with Crippen LogP contribution in [-0.4, -0.2) is 12.5 Å². The monoisotopic (exact) mass is 291 g/mol. The fourth-order valence-electron chi connectivity index (χ4n) is 2.44. The lowest BCUT2D eigenvalue weighted by Gasteiger charge is -2.27. The molecule has 0 aliphatic carbocycles. The van der Waals surface area contributed by atoms with E-state index in [4.69, 9.17) is 5.73 Å². The van der Waals surface area contributed by atoms with Crippen LogP contribution in [0.5, 0.6) is 0 Å². The fourth-order valence-corrected chi connectivity index (χ4v) is 2.44. The van der Waals surface area contributed by atoms with Gasteiger partial charge in [0.25, 0.3) is 0 Å². The van der Waals surface area contributed by atoms with E-state index in [1.54, 1.807) is 6.07 Å². The molecular formula is C15H12F3N3. The third kappa shape index (κ3) is 2.44. The minimum atomic E-state index is -0.595. The lowest BCUT2D eigenvalue weighted by Crippen LogP contribution is -2.36. The number of benzene rings is 2. The molecule has 108 valence electrons. The van der Waals surface area contributed by atoms with Crippen molar-refractivity contribution in [1.29, 1.82) is 0 Å². The Morgan fingerprint density at radius 2 is 1.81 bits per heavy atom. The summed E-state index contributed by atoms with van der Waals surface area (Å²) in [7, 11) is 0. The smallest absolute Gasteiger partial charge is 0.196 e. The number of guanidine groups is 1. The molecule has 1 atom stereocenters. The molecule has 1 heterocycles. The van der Waals surface area contributed by atoms with E-state index >= 15 is 0 Å². The Kier molecular flexibility index (Phi) is 3.29. The van der Waals surface area contributed by atoms with Gasteiger partial charge < -0.3 is 10.6 Å². The highest BCUT2D eigenvalue weighted by molar-refractivity contribution is 5.97. The van der Waals surface area contributed by atoms with Crippen LogP contribution in [0.1, 0.15) is 11.6 Å². The molecule has 1 aliphatic rings. The van der Waals surface area contributed by atoms with Gasteiger partial charge in [-0.1, -0.05) is 6.07 Å². The van der Waals surface area contributed by atoms with Crippen molar-refractivity contribution in [3.05, 3.63) is 65.5 Å². The van der Waals surface area contributed by atoms with Gasteiger partial charge >= 0.3 is 0 Å². The molecule has 1 unspecified atom stereocenters. The van der Waals surface area contributed by atoms with Crippen molar-refractivity contribution in [2.24, 2.45) is 10.7 Å². The predicted molar refractivity (Wildman–Crippen MR) is 74.5 cm³/mol. The van der Waals surface area contributed by atoms with Gasteiger partial charge in [0.05, 0.1) is 12.6 Å². The Morgan fingerprint density at radius 1 is 1.05 bits per heavy atom. The van der Waals surface area contributed by atoms with Gasteiger partial charge in [-0.3, -0.25) is 4.99 Å². The summed E-state index contributed by atoms with van der Waals surface area (Å²) < 4.78 is 40.7. The zero-order valence-electron chi connectivity index (χ0n) is 10.9. The maximum Gasteiger partial charge on any atom is 0.196 e. The van der Waals surface area contributed by atoms with Crippen molar-refractivity contribution in [2.75, 3.05) is 11.4 Å². The van der Waals surface area contributed by atoms with Gasteiger partial charge in [-0.25, -0.2) is 13.2 Å². The van der Waals surface area contributed by atoms with Gasteiger partial charge in [-0.2, -0.15) is 0 Å². The number of anilines is 1. The summed E-state index contributed by atoms with van der Waals surface area (Å²) in [5, 5.41) is 0. The second kappa shape index (κ2) is 5.12. The van der Waals surface area contributed by atoms with Crippen molar-refractivity contribution < 1.29 is 13.2 Å². The van der Waals surface area contributed by atoms with Crippen molar-refractivity contribution in [1.82, 2.24) is 0 Å². The highest BCUT2D eigenvalue weighted by Crippen LogP contribution is 2.32. The third-order valence-corrected chi connectivity index (χ3v) is 3.39. The lowest BCUT2D eigenvalue weighted by molar-refractivity contribution is 0.568. The van der Waals surface area contributed by atoms with E-state index in [9.17, 15) is 13.2 Å².